The molecule has 0 aliphatic carbocycles. The van der Waals surface area contributed by atoms with Crippen molar-refractivity contribution in [3.8, 4) is 0 Å². The lowest BCUT2D eigenvalue weighted by atomic mass is 10.1. The molecule has 0 spiro atoms. The van der Waals surface area contributed by atoms with Gasteiger partial charge in [-0.1, -0.05) is 0 Å². The summed E-state index contributed by atoms with van der Waals surface area (Å²) < 4.78 is 2.10. The van der Waals surface area contributed by atoms with Crippen molar-refractivity contribution in [2.45, 2.75) is 39.8 Å². The third kappa shape index (κ3) is 3.51. The highest BCUT2D eigenvalue weighted by atomic mass is 32.1. The summed E-state index contributed by atoms with van der Waals surface area (Å²) >= 11 is 1.62. The minimum Gasteiger partial charge on any atom is -0.332 e. The van der Waals surface area contributed by atoms with E-state index in [1.807, 2.05) is 23.2 Å². The van der Waals surface area contributed by atoms with Crippen molar-refractivity contribution in [1.29, 1.82) is 0 Å². The van der Waals surface area contributed by atoms with E-state index >= 15 is 0 Å². The van der Waals surface area contributed by atoms with E-state index in [4.69, 9.17) is 0 Å². The molecule has 4 rings (SSSR count). The molecule has 0 saturated carbocycles. The Bertz CT molecular complexity index is 740. The molecule has 6 heteroatoms. The van der Waals surface area contributed by atoms with Gasteiger partial charge in [0.25, 0.3) is 5.91 Å². The molecule has 2 aromatic heterocycles. The number of rotatable bonds is 3. The quantitative estimate of drug-likeness (QED) is 0.847. The Morgan fingerprint density at radius 1 is 1.28 bits per heavy atom. The van der Waals surface area contributed by atoms with Crippen LogP contribution in [0.25, 0.3) is 0 Å². The summed E-state index contributed by atoms with van der Waals surface area (Å²) in [5.74, 6) is 0.604. The van der Waals surface area contributed by atoms with Gasteiger partial charge < -0.3 is 9.80 Å². The molecule has 4 heterocycles. The molecule has 2 aliphatic heterocycles. The first-order chi connectivity index (χ1) is 12.1. The Labute approximate surface area is 153 Å². The van der Waals surface area contributed by atoms with E-state index in [-0.39, 0.29) is 5.91 Å². The van der Waals surface area contributed by atoms with E-state index in [1.54, 1.807) is 11.3 Å². The SMILES string of the molecule is Cc1cc(C(=O)N2Cc3ccnn3C[C@@H](CN3CCCC3)C2)sc1C. The lowest BCUT2D eigenvalue weighted by molar-refractivity contribution is 0.0713. The van der Waals surface area contributed by atoms with Crippen LogP contribution in [0.1, 0.15) is 38.6 Å². The van der Waals surface area contributed by atoms with Crippen LogP contribution >= 0.6 is 11.3 Å². The van der Waals surface area contributed by atoms with Crippen molar-refractivity contribution >= 4 is 17.2 Å². The van der Waals surface area contributed by atoms with E-state index in [2.05, 4.69) is 28.5 Å². The number of thiophene rings is 1. The first kappa shape index (κ1) is 16.8. The second kappa shape index (κ2) is 6.92. The number of fused-ring (bicyclic) bond motifs is 1. The van der Waals surface area contributed by atoms with Crippen LogP contribution in [0.3, 0.4) is 0 Å². The van der Waals surface area contributed by atoms with Crippen LogP contribution in [0.15, 0.2) is 18.3 Å². The topological polar surface area (TPSA) is 41.4 Å². The van der Waals surface area contributed by atoms with Crippen molar-refractivity contribution in [3.63, 3.8) is 0 Å². The number of likely N-dealkylation sites (tertiary alicyclic amines) is 1. The maximum Gasteiger partial charge on any atom is 0.264 e. The van der Waals surface area contributed by atoms with Gasteiger partial charge in [0.1, 0.15) is 0 Å². The van der Waals surface area contributed by atoms with Gasteiger partial charge in [0.15, 0.2) is 0 Å². The number of nitrogens with zero attached hydrogens (tertiary/aromatic N) is 4. The Morgan fingerprint density at radius 3 is 2.80 bits per heavy atom. The van der Waals surface area contributed by atoms with Gasteiger partial charge in [-0.15, -0.1) is 11.3 Å². The molecule has 0 unspecified atom stereocenters. The number of carbonyl (C=O) groups excluding carboxylic acids is 1. The van der Waals surface area contributed by atoms with Gasteiger partial charge in [0.2, 0.25) is 0 Å². The molecule has 134 valence electrons. The van der Waals surface area contributed by atoms with Crippen LogP contribution in [-0.4, -0.2) is 51.7 Å². The van der Waals surface area contributed by atoms with Gasteiger partial charge in [-0.05, 0) is 57.5 Å². The number of hydrogen-bond donors (Lipinski definition) is 0. The normalized spacial score (nSPS) is 21.4. The van der Waals surface area contributed by atoms with Crippen LogP contribution in [-0.2, 0) is 13.1 Å². The maximum atomic E-state index is 13.1. The van der Waals surface area contributed by atoms with Crippen molar-refractivity contribution in [3.05, 3.63) is 39.3 Å². The maximum absolute atomic E-state index is 13.1. The summed E-state index contributed by atoms with van der Waals surface area (Å²) in [6, 6.07) is 4.09. The molecule has 0 N–H and O–H groups in total. The van der Waals surface area contributed by atoms with Gasteiger partial charge >= 0.3 is 0 Å². The van der Waals surface area contributed by atoms with Crippen LogP contribution in [0.4, 0.5) is 0 Å². The predicted octanol–water partition coefficient (Wildman–Crippen LogP) is 2.93. The fraction of sp³-hybridized carbons (Fsp3) is 0.579. The van der Waals surface area contributed by atoms with E-state index in [9.17, 15) is 4.79 Å². The third-order valence-electron chi connectivity index (χ3n) is 5.45. The van der Waals surface area contributed by atoms with Gasteiger partial charge in [0, 0.05) is 36.6 Å². The number of aryl methyl sites for hydroxylation is 2. The van der Waals surface area contributed by atoms with Crippen molar-refractivity contribution < 1.29 is 4.79 Å². The molecular formula is C19H26N4OS. The van der Waals surface area contributed by atoms with E-state index in [1.165, 1.54) is 36.4 Å². The van der Waals surface area contributed by atoms with Crippen molar-refractivity contribution in [1.82, 2.24) is 19.6 Å². The average Bonchev–Trinajstić information content (AvgIpc) is 3.29. The molecule has 2 aliphatic rings. The molecular weight excluding hydrogens is 332 g/mol. The minimum atomic E-state index is 0.169. The monoisotopic (exact) mass is 358 g/mol. The summed E-state index contributed by atoms with van der Waals surface area (Å²) in [6.45, 7) is 10.00. The summed E-state index contributed by atoms with van der Waals surface area (Å²) in [5.41, 5.74) is 2.35. The van der Waals surface area contributed by atoms with Crippen LogP contribution in [0.2, 0.25) is 0 Å². The van der Waals surface area contributed by atoms with E-state index in [0.29, 0.717) is 12.5 Å². The van der Waals surface area contributed by atoms with Gasteiger partial charge in [0.05, 0.1) is 17.1 Å². The highest BCUT2D eigenvalue weighted by molar-refractivity contribution is 7.14. The fourth-order valence-corrected chi connectivity index (χ4v) is 4.97. The second-order valence-corrected chi connectivity index (χ2v) is 8.67. The second-order valence-electron chi connectivity index (χ2n) is 7.41. The summed E-state index contributed by atoms with van der Waals surface area (Å²) in [7, 11) is 0. The standard InChI is InChI=1S/C19H26N4OS/c1-14-9-18(25-15(14)2)19(24)22-11-16(10-21-7-3-4-8-21)12-23-17(13-22)5-6-20-23/h5-6,9,16H,3-4,7-8,10-13H2,1-2H3/t16-/m0/s1. The first-order valence-electron chi connectivity index (χ1n) is 9.19. The lowest BCUT2D eigenvalue weighted by Gasteiger charge is -2.27. The number of aromatic nitrogens is 2. The molecule has 1 amide bonds. The van der Waals surface area contributed by atoms with Crippen LogP contribution < -0.4 is 0 Å². The third-order valence-corrected chi connectivity index (χ3v) is 6.59. The molecule has 0 aromatic carbocycles. The molecule has 25 heavy (non-hydrogen) atoms. The highest BCUT2D eigenvalue weighted by Gasteiger charge is 2.28. The minimum absolute atomic E-state index is 0.169. The average molecular weight is 359 g/mol. The zero-order valence-electron chi connectivity index (χ0n) is 15.1. The molecule has 5 nitrogen and oxygen atoms in total. The first-order valence-corrected chi connectivity index (χ1v) is 10.0. The van der Waals surface area contributed by atoms with Crippen LogP contribution in [0, 0.1) is 19.8 Å². The Hall–Kier alpha value is -1.66. The van der Waals surface area contributed by atoms with Gasteiger partial charge in [-0.3, -0.25) is 9.48 Å². The summed E-state index contributed by atoms with van der Waals surface area (Å²) in [6.07, 6.45) is 4.46. The molecule has 1 saturated heterocycles. The zero-order valence-corrected chi connectivity index (χ0v) is 15.9. The number of carbonyl (C=O) groups is 1. The van der Waals surface area contributed by atoms with E-state index in [0.717, 1.165) is 30.2 Å². The van der Waals surface area contributed by atoms with Crippen molar-refractivity contribution in [2.75, 3.05) is 26.2 Å². The largest absolute Gasteiger partial charge is 0.332 e. The Balaban J connectivity index is 1.56. The fourth-order valence-electron chi connectivity index (χ4n) is 3.97. The molecule has 2 aromatic rings. The highest BCUT2D eigenvalue weighted by Crippen LogP contribution is 2.25. The van der Waals surface area contributed by atoms with Gasteiger partial charge in [-0.25, -0.2) is 0 Å². The molecule has 0 radical (unpaired) electrons. The van der Waals surface area contributed by atoms with Gasteiger partial charge in [-0.2, -0.15) is 5.10 Å². The van der Waals surface area contributed by atoms with E-state index < -0.39 is 0 Å². The summed E-state index contributed by atoms with van der Waals surface area (Å²) in [5, 5.41) is 4.49. The molecule has 1 atom stereocenters. The smallest absolute Gasteiger partial charge is 0.264 e. The predicted molar refractivity (Wildman–Crippen MR) is 99.9 cm³/mol. The Kier molecular flexibility index (Phi) is 4.65. The molecule has 1 fully saturated rings. The van der Waals surface area contributed by atoms with Crippen molar-refractivity contribution in [2.24, 2.45) is 5.92 Å². The zero-order chi connectivity index (χ0) is 17.4. The number of hydrogen-bond acceptors (Lipinski definition) is 4. The number of amides is 1. The summed E-state index contributed by atoms with van der Waals surface area (Å²) in [4.78, 5) is 19.8. The lowest BCUT2D eigenvalue weighted by Crippen LogP contribution is -2.38. The molecule has 0 bridgehead atoms. The van der Waals surface area contributed by atoms with Crippen LogP contribution in [0.5, 0.6) is 0 Å². The Morgan fingerprint density at radius 2 is 2.08 bits per heavy atom.